The Balaban J connectivity index is 1.67. The van der Waals surface area contributed by atoms with Crippen LogP contribution < -0.4 is 0 Å². The quantitative estimate of drug-likeness (QED) is 0.937. The Bertz CT molecular complexity index is 625. The van der Waals surface area contributed by atoms with Crippen molar-refractivity contribution >= 4 is 17.5 Å². The highest BCUT2D eigenvalue weighted by atomic mass is 35.5. The number of halogens is 1. The first-order chi connectivity index (χ1) is 10.2. The number of nitrogens with zero attached hydrogens (tertiary/aromatic N) is 1. The minimum absolute atomic E-state index is 0.0223. The smallest absolute Gasteiger partial charge is 0.216 e. The molecule has 0 aromatic heterocycles. The molecule has 4 heteroatoms. The second-order valence-corrected chi connectivity index (χ2v) is 5.50. The van der Waals surface area contributed by atoms with Gasteiger partial charge in [-0.1, -0.05) is 41.9 Å². The third-order valence-corrected chi connectivity index (χ3v) is 3.74. The molecule has 21 heavy (non-hydrogen) atoms. The summed E-state index contributed by atoms with van der Waals surface area (Å²) >= 11 is 5.87. The van der Waals surface area contributed by atoms with Crippen LogP contribution in [0.1, 0.15) is 23.7 Å². The second kappa shape index (κ2) is 6.29. The van der Waals surface area contributed by atoms with Gasteiger partial charge >= 0.3 is 0 Å². The lowest BCUT2D eigenvalue weighted by Crippen LogP contribution is -2.11. The highest BCUT2D eigenvalue weighted by Crippen LogP contribution is 2.23. The van der Waals surface area contributed by atoms with Crippen LogP contribution in [0.4, 0.5) is 0 Å². The van der Waals surface area contributed by atoms with Gasteiger partial charge in [0.25, 0.3) is 0 Å². The molecule has 108 valence electrons. The van der Waals surface area contributed by atoms with Gasteiger partial charge in [0.1, 0.15) is 6.61 Å². The van der Waals surface area contributed by atoms with Crippen molar-refractivity contribution in [1.29, 1.82) is 0 Å². The number of hydrogen-bond donors (Lipinski definition) is 1. The molecule has 1 N–H and O–H groups in total. The van der Waals surface area contributed by atoms with Gasteiger partial charge in [0.2, 0.25) is 5.90 Å². The van der Waals surface area contributed by atoms with E-state index in [0.29, 0.717) is 23.9 Å². The molecule has 3 nitrogen and oxygen atoms in total. The van der Waals surface area contributed by atoms with Crippen LogP contribution in [0.25, 0.3) is 0 Å². The predicted octanol–water partition coefficient (Wildman–Crippen LogP) is 3.61. The normalized spacial score (nSPS) is 19.0. The Labute approximate surface area is 128 Å². The summed E-state index contributed by atoms with van der Waals surface area (Å²) in [5.41, 5.74) is 1.82. The molecule has 0 radical (unpaired) electrons. The van der Waals surface area contributed by atoms with E-state index in [9.17, 15) is 5.11 Å². The molecule has 2 aromatic carbocycles. The number of aliphatic imine (C=N–C) groups is 1. The van der Waals surface area contributed by atoms with Crippen molar-refractivity contribution in [2.24, 2.45) is 4.99 Å². The summed E-state index contributed by atoms with van der Waals surface area (Å²) in [6.07, 6.45) is 0.0364. The number of aliphatic hydroxyl groups excluding tert-OH is 1. The number of hydrogen-bond acceptors (Lipinski definition) is 3. The van der Waals surface area contributed by atoms with Gasteiger partial charge < -0.3 is 9.84 Å². The first-order valence-corrected chi connectivity index (χ1v) is 7.30. The molecule has 0 saturated heterocycles. The average molecular weight is 302 g/mol. The zero-order chi connectivity index (χ0) is 14.7. The highest BCUT2D eigenvalue weighted by Gasteiger charge is 2.23. The van der Waals surface area contributed by atoms with Crippen molar-refractivity contribution < 1.29 is 9.84 Å². The van der Waals surface area contributed by atoms with E-state index in [-0.39, 0.29) is 6.04 Å². The van der Waals surface area contributed by atoms with E-state index in [1.807, 2.05) is 54.6 Å². The lowest BCUT2D eigenvalue weighted by molar-refractivity contribution is 0.151. The van der Waals surface area contributed by atoms with Crippen LogP contribution in [-0.2, 0) is 4.74 Å². The van der Waals surface area contributed by atoms with E-state index in [0.717, 1.165) is 11.1 Å². The van der Waals surface area contributed by atoms with Crippen molar-refractivity contribution in [1.82, 2.24) is 0 Å². The molecule has 2 aromatic rings. The van der Waals surface area contributed by atoms with E-state index >= 15 is 0 Å². The van der Waals surface area contributed by atoms with E-state index in [4.69, 9.17) is 16.3 Å². The molecule has 1 heterocycles. The van der Waals surface area contributed by atoms with Crippen LogP contribution in [0.5, 0.6) is 0 Å². The Morgan fingerprint density at radius 2 is 1.86 bits per heavy atom. The Hall–Kier alpha value is -1.84. The van der Waals surface area contributed by atoms with Gasteiger partial charge in [0.05, 0.1) is 12.1 Å². The Morgan fingerprint density at radius 3 is 2.57 bits per heavy atom. The van der Waals surface area contributed by atoms with Crippen molar-refractivity contribution in [2.75, 3.05) is 6.61 Å². The molecule has 2 atom stereocenters. The zero-order valence-electron chi connectivity index (χ0n) is 11.4. The minimum atomic E-state index is -0.520. The van der Waals surface area contributed by atoms with Crippen molar-refractivity contribution in [3.63, 3.8) is 0 Å². The molecule has 1 aliphatic rings. The first-order valence-electron chi connectivity index (χ1n) is 6.92. The molecular formula is C17H16ClNO2. The Morgan fingerprint density at radius 1 is 1.14 bits per heavy atom. The van der Waals surface area contributed by atoms with Gasteiger partial charge in [0.15, 0.2) is 0 Å². The van der Waals surface area contributed by atoms with E-state index in [1.54, 1.807) is 0 Å². The van der Waals surface area contributed by atoms with E-state index in [1.165, 1.54) is 0 Å². The molecule has 0 spiro atoms. The summed E-state index contributed by atoms with van der Waals surface area (Å²) < 4.78 is 5.62. The summed E-state index contributed by atoms with van der Waals surface area (Å²) in [6, 6.07) is 17.0. The van der Waals surface area contributed by atoms with Crippen LogP contribution in [0.3, 0.4) is 0 Å². The van der Waals surface area contributed by atoms with Crippen LogP contribution in [0, 0.1) is 0 Å². The summed E-state index contributed by atoms with van der Waals surface area (Å²) in [4.78, 5) is 4.54. The average Bonchev–Trinajstić information content (AvgIpc) is 2.97. The van der Waals surface area contributed by atoms with Gasteiger partial charge in [-0.25, -0.2) is 4.99 Å². The predicted molar refractivity (Wildman–Crippen MR) is 83.7 cm³/mol. The fraction of sp³-hybridized carbons (Fsp3) is 0.235. The Kier molecular flexibility index (Phi) is 4.23. The number of ether oxygens (including phenoxy) is 1. The maximum atomic E-state index is 10.2. The van der Waals surface area contributed by atoms with E-state index < -0.39 is 6.10 Å². The third kappa shape index (κ3) is 3.43. The molecule has 0 saturated carbocycles. The number of benzene rings is 2. The fourth-order valence-corrected chi connectivity index (χ4v) is 2.48. The van der Waals surface area contributed by atoms with Crippen LogP contribution >= 0.6 is 11.6 Å². The standard InChI is InChI=1S/C17H16ClNO2/c18-14-8-6-13(7-9-14)17-19-15(11-21-17)10-16(20)12-4-2-1-3-5-12/h1-9,15-16,20H,10-11H2/t15-,16-/m0/s1. The molecule has 0 unspecified atom stereocenters. The number of aliphatic hydroxyl groups is 1. The monoisotopic (exact) mass is 301 g/mol. The second-order valence-electron chi connectivity index (χ2n) is 5.07. The third-order valence-electron chi connectivity index (χ3n) is 3.48. The van der Waals surface area contributed by atoms with Crippen LogP contribution in [0.15, 0.2) is 59.6 Å². The van der Waals surface area contributed by atoms with E-state index in [2.05, 4.69) is 4.99 Å². The van der Waals surface area contributed by atoms with Crippen molar-refractivity contribution in [2.45, 2.75) is 18.6 Å². The molecule has 1 aliphatic heterocycles. The van der Waals surface area contributed by atoms with Gasteiger partial charge in [0, 0.05) is 17.0 Å². The summed E-state index contributed by atoms with van der Waals surface area (Å²) in [5, 5.41) is 10.9. The summed E-state index contributed by atoms with van der Waals surface area (Å²) in [6.45, 7) is 0.502. The van der Waals surface area contributed by atoms with Gasteiger partial charge in [-0.2, -0.15) is 0 Å². The number of rotatable bonds is 4. The SMILES string of the molecule is O[C@@H](C[C@H]1COC(c2ccc(Cl)cc2)=N1)c1ccccc1. The fourth-order valence-electron chi connectivity index (χ4n) is 2.36. The minimum Gasteiger partial charge on any atom is -0.475 e. The lowest BCUT2D eigenvalue weighted by atomic mass is 10.0. The summed E-state index contributed by atoms with van der Waals surface area (Å²) in [5.74, 6) is 0.622. The lowest BCUT2D eigenvalue weighted by Gasteiger charge is -2.12. The van der Waals surface area contributed by atoms with Crippen LogP contribution in [-0.4, -0.2) is 23.7 Å². The van der Waals surface area contributed by atoms with Crippen molar-refractivity contribution in [3.8, 4) is 0 Å². The topological polar surface area (TPSA) is 41.8 Å². The summed E-state index contributed by atoms with van der Waals surface area (Å²) in [7, 11) is 0. The van der Waals surface area contributed by atoms with Gasteiger partial charge in [-0.05, 0) is 29.8 Å². The molecule has 3 rings (SSSR count). The molecule has 0 aliphatic carbocycles. The van der Waals surface area contributed by atoms with Crippen LogP contribution in [0.2, 0.25) is 5.02 Å². The largest absolute Gasteiger partial charge is 0.475 e. The highest BCUT2D eigenvalue weighted by molar-refractivity contribution is 6.30. The molecule has 0 amide bonds. The zero-order valence-corrected chi connectivity index (χ0v) is 12.2. The van der Waals surface area contributed by atoms with Gasteiger partial charge in [-0.15, -0.1) is 0 Å². The van der Waals surface area contributed by atoms with Gasteiger partial charge in [-0.3, -0.25) is 0 Å². The first kappa shape index (κ1) is 14.1. The maximum Gasteiger partial charge on any atom is 0.216 e. The molecule has 0 fully saturated rings. The molecular weight excluding hydrogens is 286 g/mol. The van der Waals surface area contributed by atoms with Crippen molar-refractivity contribution in [3.05, 3.63) is 70.7 Å². The molecule has 0 bridgehead atoms. The maximum absolute atomic E-state index is 10.2.